The minimum absolute atomic E-state index is 0.229. The number of hydrogen-bond donors (Lipinski definition) is 0. The van der Waals surface area contributed by atoms with Crippen molar-refractivity contribution in [2.45, 2.75) is 45.5 Å². The summed E-state index contributed by atoms with van der Waals surface area (Å²) < 4.78 is 6.31. The van der Waals surface area contributed by atoms with Gasteiger partial charge in [-0.15, -0.1) is 6.42 Å². The molecule has 1 aromatic carbocycles. The van der Waals surface area contributed by atoms with E-state index in [9.17, 15) is 0 Å². The molecule has 0 bridgehead atoms. The maximum atomic E-state index is 6.31. The molecule has 0 saturated carbocycles. The first-order chi connectivity index (χ1) is 9.19. The Labute approximate surface area is 125 Å². The Hall–Kier alpha value is -1.24. The van der Waals surface area contributed by atoms with E-state index in [-0.39, 0.29) is 5.04 Å². The first-order valence-corrected chi connectivity index (χ1v) is 9.96. The quantitative estimate of drug-likeness (QED) is 0.592. The molecule has 0 aliphatic rings. The van der Waals surface area contributed by atoms with Crippen molar-refractivity contribution in [3.8, 4) is 12.3 Å². The molecule has 1 aromatic rings. The molecular weight excluding hydrogens is 262 g/mol. The second kappa shape index (κ2) is 6.47. The molecule has 2 nitrogen and oxygen atoms in total. The molecule has 0 spiro atoms. The fraction of sp³-hybridized carbons (Fsp3) is 0.529. The molecule has 3 heteroatoms. The fourth-order valence-electron chi connectivity index (χ4n) is 1.70. The van der Waals surface area contributed by atoms with Crippen molar-refractivity contribution >= 4 is 14.0 Å². The van der Waals surface area contributed by atoms with Gasteiger partial charge in [-0.2, -0.15) is 0 Å². The summed E-state index contributed by atoms with van der Waals surface area (Å²) in [6.45, 7) is 12.6. The van der Waals surface area contributed by atoms with E-state index in [0.717, 1.165) is 5.69 Å². The molecule has 0 N–H and O–H groups in total. The van der Waals surface area contributed by atoms with Gasteiger partial charge in [-0.1, -0.05) is 44.9 Å². The third-order valence-electron chi connectivity index (χ3n) is 4.13. The number of terminal acetylenes is 1. The molecule has 20 heavy (non-hydrogen) atoms. The van der Waals surface area contributed by atoms with Crippen molar-refractivity contribution in [3.63, 3.8) is 0 Å². The van der Waals surface area contributed by atoms with Crippen LogP contribution < -0.4 is 4.90 Å². The van der Waals surface area contributed by atoms with Crippen molar-refractivity contribution in [3.05, 3.63) is 29.8 Å². The average Bonchev–Trinajstić information content (AvgIpc) is 2.35. The van der Waals surface area contributed by atoms with Crippen LogP contribution in [-0.2, 0) is 11.0 Å². The van der Waals surface area contributed by atoms with Gasteiger partial charge >= 0.3 is 0 Å². The molecule has 0 aliphatic heterocycles. The standard InChI is InChI=1S/C17H27NOSi/c1-8-13-18(5)16-12-10-9-11-15(16)14-19-20(6,7)17(2,3)4/h1,9-12H,13-14H2,2-7H3. The van der Waals surface area contributed by atoms with Crippen LogP contribution in [0.15, 0.2) is 24.3 Å². The van der Waals surface area contributed by atoms with Gasteiger partial charge in [0.2, 0.25) is 0 Å². The summed E-state index contributed by atoms with van der Waals surface area (Å²) in [7, 11) is 0.296. The Kier molecular flexibility index (Phi) is 5.44. The van der Waals surface area contributed by atoms with Crippen molar-refractivity contribution < 1.29 is 4.43 Å². The van der Waals surface area contributed by atoms with E-state index in [1.165, 1.54) is 5.56 Å². The summed E-state index contributed by atoms with van der Waals surface area (Å²) in [4.78, 5) is 2.09. The highest BCUT2D eigenvalue weighted by molar-refractivity contribution is 6.74. The SMILES string of the molecule is C#CCN(C)c1ccccc1CO[Si](C)(C)C(C)(C)C. The van der Waals surface area contributed by atoms with Gasteiger partial charge in [-0.3, -0.25) is 0 Å². The molecule has 0 fully saturated rings. The van der Waals surface area contributed by atoms with Crippen molar-refractivity contribution in [2.24, 2.45) is 0 Å². The highest BCUT2D eigenvalue weighted by Gasteiger charge is 2.37. The number of hydrogen-bond acceptors (Lipinski definition) is 2. The van der Waals surface area contributed by atoms with Gasteiger partial charge in [0.25, 0.3) is 0 Å². The number of nitrogens with zero attached hydrogens (tertiary/aromatic N) is 1. The van der Waals surface area contributed by atoms with E-state index in [1.807, 2.05) is 13.1 Å². The van der Waals surface area contributed by atoms with Gasteiger partial charge in [0.1, 0.15) is 0 Å². The first-order valence-electron chi connectivity index (χ1n) is 7.05. The summed E-state index contributed by atoms with van der Waals surface area (Å²) in [5.74, 6) is 2.68. The number of rotatable bonds is 5. The summed E-state index contributed by atoms with van der Waals surface area (Å²) in [5, 5.41) is 0.229. The zero-order valence-corrected chi connectivity index (χ0v) is 14.7. The molecule has 0 saturated heterocycles. The van der Waals surface area contributed by atoms with E-state index in [0.29, 0.717) is 13.2 Å². The first kappa shape index (κ1) is 16.8. The summed E-state index contributed by atoms with van der Waals surface area (Å²) >= 11 is 0. The van der Waals surface area contributed by atoms with Crippen LogP contribution in [0, 0.1) is 12.3 Å². The van der Waals surface area contributed by atoms with Crippen LogP contribution in [0.4, 0.5) is 5.69 Å². The largest absolute Gasteiger partial charge is 0.412 e. The molecule has 0 aromatic heterocycles. The molecule has 0 radical (unpaired) electrons. The molecule has 0 amide bonds. The van der Waals surface area contributed by atoms with Gasteiger partial charge < -0.3 is 9.33 Å². The average molecular weight is 289 g/mol. The second-order valence-electron chi connectivity index (χ2n) is 6.74. The Morgan fingerprint density at radius 2 is 1.85 bits per heavy atom. The second-order valence-corrected chi connectivity index (χ2v) is 11.5. The highest BCUT2D eigenvalue weighted by atomic mass is 28.4. The lowest BCUT2D eigenvalue weighted by molar-refractivity contribution is 0.276. The van der Waals surface area contributed by atoms with Gasteiger partial charge in [0, 0.05) is 12.7 Å². The van der Waals surface area contributed by atoms with Crippen LogP contribution in [0.5, 0.6) is 0 Å². The highest BCUT2D eigenvalue weighted by Crippen LogP contribution is 2.37. The molecule has 110 valence electrons. The molecule has 0 atom stereocenters. The molecule has 1 rings (SSSR count). The Balaban J connectivity index is 2.87. The summed E-state index contributed by atoms with van der Waals surface area (Å²) in [6.07, 6.45) is 5.40. The number of benzene rings is 1. The lowest BCUT2D eigenvalue weighted by Crippen LogP contribution is -2.40. The lowest BCUT2D eigenvalue weighted by Gasteiger charge is -2.36. The topological polar surface area (TPSA) is 12.5 Å². The van der Waals surface area contributed by atoms with Crippen LogP contribution in [0.25, 0.3) is 0 Å². The number of anilines is 1. The fourth-order valence-corrected chi connectivity index (χ4v) is 2.65. The van der Waals surface area contributed by atoms with Crippen LogP contribution >= 0.6 is 0 Å². The predicted octanol–water partition coefficient (Wildman–Crippen LogP) is 4.28. The van der Waals surface area contributed by atoms with Crippen molar-refractivity contribution in [2.75, 3.05) is 18.5 Å². The molecule has 0 aliphatic carbocycles. The Bertz CT molecular complexity index is 482. The maximum Gasteiger partial charge on any atom is 0.192 e. The van der Waals surface area contributed by atoms with Crippen LogP contribution in [0.2, 0.25) is 18.1 Å². The van der Waals surface area contributed by atoms with Crippen molar-refractivity contribution in [1.82, 2.24) is 0 Å². The van der Waals surface area contributed by atoms with Gasteiger partial charge in [0.15, 0.2) is 8.32 Å². The lowest BCUT2D eigenvalue weighted by atomic mass is 10.2. The zero-order valence-electron chi connectivity index (χ0n) is 13.7. The van der Waals surface area contributed by atoms with Gasteiger partial charge in [-0.25, -0.2) is 0 Å². The molecular formula is C17H27NOSi. The minimum atomic E-state index is -1.72. The predicted molar refractivity (Wildman–Crippen MR) is 90.5 cm³/mol. The monoisotopic (exact) mass is 289 g/mol. The molecule has 0 unspecified atom stereocenters. The Morgan fingerprint density at radius 3 is 2.40 bits per heavy atom. The van der Waals surface area contributed by atoms with E-state index in [2.05, 4.69) is 62.9 Å². The third kappa shape index (κ3) is 4.13. The smallest absolute Gasteiger partial charge is 0.192 e. The van der Waals surface area contributed by atoms with E-state index < -0.39 is 8.32 Å². The van der Waals surface area contributed by atoms with Gasteiger partial charge in [-0.05, 0) is 29.8 Å². The van der Waals surface area contributed by atoms with Crippen LogP contribution in [0.3, 0.4) is 0 Å². The van der Waals surface area contributed by atoms with Crippen LogP contribution in [0.1, 0.15) is 26.3 Å². The van der Waals surface area contributed by atoms with Gasteiger partial charge in [0.05, 0.1) is 13.2 Å². The van der Waals surface area contributed by atoms with Crippen molar-refractivity contribution in [1.29, 1.82) is 0 Å². The summed E-state index contributed by atoms with van der Waals surface area (Å²) in [6, 6.07) is 8.31. The van der Waals surface area contributed by atoms with E-state index in [1.54, 1.807) is 0 Å². The van der Waals surface area contributed by atoms with Crippen LogP contribution in [-0.4, -0.2) is 21.9 Å². The third-order valence-corrected chi connectivity index (χ3v) is 8.60. The number of para-hydroxylation sites is 1. The molecule has 0 heterocycles. The Morgan fingerprint density at radius 1 is 1.25 bits per heavy atom. The van der Waals surface area contributed by atoms with E-state index in [4.69, 9.17) is 10.8 Å². The minimum Gasteiger partial charge on any atom is -0.412 e. The normalized spacial score (nSPS) is 12.1. The zero-order chi connectivity index (χ0) is 15.4. The maximum absolute atomic E-state index is 6.31. The van der Waals surface area contributed by atoms with E-state index >= 15 is 0 Å². The summed E-state index contributed by atoms with van der Waals surface area (Å²) in [5.41, 5.74) is 2.36.